The first-order chi connectivity index (χ1) is 14.8. The van der Waals surface area contributed by atoms with Crippen LogP contribution in [-0.2, 0) is 13.2 Å². The summed E-state index contributed by atoms with van der Waals surface area (Å²) in [6.07, 6.45) is -1.15. The van der Waals surface area contributed by atoms with Gasteiger partial charge in [-0.1, -0.05) is 0 Å². The largest absolute Gasteiger partial charge is 0.433 e. The van der Waals surface area contributed by atoms with E-state index in [0.29, 0.717) is 36.5 Å². The molecule has 10 heteroatoms. The molecule has 1 N–H and O–H groups in total. The molecule has 3 aromatic heterocycles. The van der Waals surface area contributed by atoms with Crippen molar-refractivity contribution in [3.8, 4) is 0 Å². The van der Waals surface area contributed by atoms with Crippen LogP contribution >= 0.6 is 0 Å². The quantitative estimate of drug-likeness (QED) is 0.671. The molecule has 31 heavy (non-hydrogen) atoms. The van der Waals surface area contributed by atoms with Gasteiger partial charge >= 0.3 is 6.18 Å². The van der Waals surface area contributed by atoms with Gasteiger partial charge in [-0.25, -0.2) is 9.97 Å². The fourth-order valence-electron chi connectivity index (χ4n) is 3.75. The minimum atomic E-state index is -4.47. The van der Waals surface area contributed by atoms with Gasteiger partial charge < -0.3 is 14.8 Å². The molecule has 1 fully saturated rings. The molecular formula is C21H23F3N6O. The van der Waals surface area contributed by atoms with E-state index in [9.17, 15) is 18.0 Å². The highest BCUT2D eigenvalue weighted by Gasteiger charge is 2.32. The summed E-state index contributed by atoms with van der Waals surface area (Å²) in [6.45, 7) is 4.19. The third kappa shape index (κ3) is 4.63. The fraction of sp³-hybridized carbons (Fsp3) is 0.381. The van der Waals surface area contributed by atoms with E-state index < -0.39 is 11.9 Å². The number of pyridine rings is 2. The van der Waals surface area contributed by atoms with Crippen LogP contribution in [0.5, 0.6) is 0 Å². The van der Waals surface area contributed by atoms with E-state index in [2.05, 4.69) is 25.1 Å². The lowest BCUT2D eigenvalue weighted by molar-refractivity contribution is -0.140. The van der Waals surface area contributed by atoms with Gasteiger partial charge in [-0.15, -0.1) is 0 Å². The van der Waals surface area contributed by atoms with Crippen LogP contribution in [0.15, 0.2) is 42.7 Å². The minimum Gasteiger partial charge on any atom is -0.353 e. The topological polar surface area (TPSA) is 66.3 Å². The third-order valence-corrected chi connectivity index (χ3v) is 5.45. The van der Waals surface area contributed by atoms with Crippen LogP contribution in [0.25, 0.3) is 10.9 Å². The Morgan fingerprint density at radius 2 is 1.90 bits per heavy atom. The molecule has 1 aliphatic rings. The number of halogens is 3. The van der Waals surface area contributed by atoms with Crippen molar-refractivity contribution < 1.29 is 18.0 Å². The number of rotatable bonds is 5. The van der Waals surface area contributed by atoms with Crippen LogP contribution in [-0.4, -0.2) is 64.6 Å². The number of amides is 1. The molecule has 0 bridgehead atoms. The van der Waals surface area contributed by atoms with Crippen molar-refractivity contribution in [3.63, 3.8) is 0 Å². The number of aromatic nitrogens is 3. The van der Waals surface area contributed by atoms with Gasteiger partial charge in [0.05, 0.1) is 5.52 Å². The summed E-state index contributed by atoms with van der Waals surface area (Å²) in [7, 11) is 1.83. The van der Waals surface area contributed by atoms with Crippen LogP contribution in [0, 0.1) is 0 Å². The summed E-state index contributed by atoms with van der Waals surface area (Å²) in [5.74, 6) is 0.548. The van der Waals surface area contributed by atoms with Crippen molar-refractivity contribution in [2.45, 2.75) is 6.18 Å². The average Bonchev–Trinajstić information content (AvgIpc) is 3.19. The highest BCUT2D eigenvalue weighted by atomic mass is 19.4. The molecule has 0 radical (unpaired) electrons. The second-order valence-electron chi connectivity index (χ2n) is 7.48. The summed E-state index contributed by atoms with van der Waals surface area (Å²) >= 11 is 0. The lowest BCUT2D eigenvalue weighted by atomic mass is 10.2. The number of nitrogens with zero attached hydrogens (tertiary/aromatic N) is 5. The number of anilines is 1. The zero-order valence-corrected chi connectivity index (χ0v) is 17.1. The molecule has 0 spiro atoms. The first kappa shape index (κ1) is 21.1. The number of carbonyl (C=O) groups excluding carboxylic acids is 1. The van der Waals surface area contributed by atoms with E-state index in [0.717, 1.165) is 25.7 Å². The highest BCUT2D eigenvalue weighted by molar-refractivity contribution is 5.92. The van der Waals surface area contributed by atoms with Crippen molar-refractivity contribution in [2.24, 2.45) is 7.05 Å². The molecule has 0 aromatic carbocycles. The Kier molecular flexibility index (Phi) is 5.81. The van der Waals surface area contributed by atoms with Crippen LogP contribution < -0.4 is 10.2 Å². The van der Waals surface area contributed by atoms with Gasteiger partial charge in [0.25, 0.3) is 5.91 Å². The van der Waals surface area contributed by atoms with Gasteiger partial charge in [-0.05, 0) is 30.3 Å². The lowest BCUT2D eigenvalue weighted by Crippen LogP contribution is -2.48. The normalized spacial score (nSPS) is 15.4. The van der Waals surface area contributed by atoms with Gasteiger partial charge in [0.1, 0.15) is 17.2 Å². The number of hydrogen-bond donors (Lipinski definition) is 1. The van der Waals surface area contributed by atoms with E-state index in [1.54, 1.807) is 10.6 Å². The van der Waals surface area contributed by atoms with Gasteiger partial charge in [-0.2, -0.15) is 13.2 Å². The van der Waals surface area contributed by atoms with E-state index >= 15 is 0 Å². The van der Waals surface area contributed by atoms with E-state index in [-0.39, 0.29) is 11.4 Å². The number of carbonyl (C=O) groups is 1. The highest BCUT2D eigenvalue weighted by Crippen LogP contribution is 2.31. The maximum atomic E-state index is 12.9. The molecule has 164 valence electrons. The molecular weight excluding hydrogens is 409 g/mol. The Morgan fingerprint density at radius 1 is 1.13 bits per heavy atom. The second-order valence-corrected chi connectivity index (χ2v) is 7.48. The molecule has 1 saturated heterocycles. The number of piperazine rings is 1. The Bertz CT molecular complexity index is 1070. The van der Waals surface area contributed by atoms with Crippen molar-refractivity contribution in [1.82, 2.24) is 24.8 Å². The SMILES string of the molecule is Cn1cccc1C(=O)NCCN1CCN(c2nccc3nc(C(F)(F)F)ccc23)CC1. The third-order valence-electron chi connectivity index (χ3n) is 5.45. The number of nitrogens with one attached hydrogen (secondary N) is 1. The van der Waals surface area contributed by atoms with Gasteiger partial charge in [-0.3, -0.25) is 9.69 Å². The van der Waals surface area contributed by atoms with Crippen molar-refractivity contribution in [3.05, 3.63) is 54.1 Å². The molecule has 3 aromatic rings. The zero-order valence-electron chi connectivity index (χ0n) is 17.1. The van der Waals surface area contributed by atoms with Gasteiger partial charge in [0.2, 0.25) is 0 Å². The number of fused-ring (bicyclic) bond motifs is 1. The molecule has 4 heterocycles. The molecule has 0 atom stereocenters. The van der Waals surface area contributed by atoms with Crippen LogP contribution in [0.1, 0.15) is 16.2 Å². The van der Waals surface area contributed by atoms with Gasteiger partial charge in [0.15, 0.2) is 0 Å². The zero-order chi connectivity index (χ0) is 22.0. The molecule has 0 unspecified atom stereocenters. The van der Waals surface area contributed by atoms with Gasteiger partial charge in [0, 0.05) is 64.1 Å². The van der Waals surface area contributed by atoms with Crippen molar-refractivity contribution >= 4 is 22.6 Å². The maximum absolute atomic E-state index is 12.9. The smallest absolute Gasteiger partial charge is 0.353 e. The fourth-order valence-corrected chi connectivity index (χ4v) is 3.75. The molecule has 7 nitrogen and oxygen atoms in total. The molecule has 0 aliphatic carbocycles. The standard InChI is InChI=1S/C21H23F3N6O/c1-28-9-2-3-17(28)20(31)26-8-10-29-11-13-30(14-12-29)19-15-4-5-18(21(22,23)24)27-16(15)6-7-25-19/h2-7,9H,8,10-14H2,1H3,(H,26,31). The first-order valence-electron chi connectivity index (χ1n) is 10.0. The monoisotopic (exact) mass is 432 g/mol. The van der Waals surface area contributed by atoms with E-state index in [1.807, 2.05) is 19.3 Å². The van der Waals surface area contributed by atoms with Crippen LogP contribution in [0.2, 0.25) is 0 Å². The predicted molar refractivity (Wildman–Crippen MR) is 111 cm³/mol. The van der Waals surface area contributed by atoms with Crippen molar-refractivity contribution in [1.29, 1.82) is 0 Å². The Hall–Kier alpha value is -3.14. The minimum absolute atomic E-state index is 0.100. The Morgan fingerprint density at radius 3 is 2.58 bits per heavy atom. The first-order valence-corrected chi connectivity index (χ1v) is 10.0. The summed E-state index contributed by atoms with van der Waals surface area (Å²) in [4.78, 5) is 24.6. The number of alkyl halides is 3. The number of aryl methyl sites for hydroxylation is 1. The maximum Gasteiger partial charge on any atom is 0.433 e. The van der Waals surface area contributed by atoms with Crippen LogP contribution in [0.3, 0.4) is 0 Å². The van der Waals surface area contributed by atoms with Crippen LogP contribution in [0.4, 0.5) is 19.0 Å². The Labute approximate surface area is 177 Å². The summed E-state index contributed by atoms with van der Waals surface area (Å²) in [5.41, 5.74) is -0.000796. The summed E-state index contributed by atoms with van der Waals surface area (Å²) in [5, 5.41) is 3.54. The molecule has 0 saturated carbocycles. The lowest BCUT2D eigenvalue weighted by Gasteiger charge is -2.35. The average molecular weight is 432 g/mol. The summed E-state index contributed by atoms with van der Waals surface area (Å²) < 4.78 is 40.6. The molecule has 4 rings (SSSR count). The predicted octanol–water partition coefficient (Wildman–Crippen LogP) is 2.54. The molecule has 1 aliphatic heterocycles. The summed E-state index contributed by atoms with van der Waals surface area (Å²) in [6, 6.07) is 7.55. The van der Waals surface area contributed by atoms with E-state index in [4.69, 9.17) is 0 Å². The Balaban J connectivity index is 1.34. The second kappa shape index (κ2) is 8.54. The van der Waals surface area contributed by atoms with E-state index in [1.165, 1.54) is 18.3 Å². The molecule has 1 amide bonds. The van der Waals surface area contributed by atoms with Crippen molar-refractivity contribution in [2.75, 3.05) is 44.2 Å². The number of hydrogen-bond acceptors (Lipinski definition) is 5.